The minimum absolute atomic E-state index is 0.0441. The summed E-state index contributed by atoms with van der Waals surface area (Å²) in [5.41, 5.74) is 1.50. The summed E-state index contributed by atoms with van der Waals surface area (Å²) in [5.74, 6) is -1.09. The summed E-state index contributed by atoms with van der Waals surface area (Å²) in [6, 6.07) is 16.2. The first-order chi connectivity index (χ1) is 12.5. The molecule has 0 saturated carbocycles. The van der Waals surface area contributed by atoms with E-state index in [0.717, 1.165) is 10.0 Å². The van der Waals surface area contributed by atoms with Crippen LogP contribution in [0.5, 0.6) is 0 Å². The number of ether oxygens (including phenoxy) is 1. The van der Waals surface area contributed by atoms with Crippen LogP contribution in [0.4, 0.5) is 0 Å². The number of nitrogens with one attached hydrogen (secondary N) is 1. The summed E-state index contributed by atoms with van der Waals surface area (Å²) in [4.78, 5) is 35.6. The number of carbonyl (C=O) groups excluding carboxylic acids is 3. The van der Waals surface area contributed by atoms with Crippen LogP contribution in [0, 0.1) is 0 Å². The molecular formula is C20H20BrNO4. The third kappa shape index (κ3) is 6.44. The van der Waals surface area contributed by atoms with Crippen LogP contribution in [-0.2, 0) is 14.3 Å². The highest BCUT2D eigenvalue weighted by atomic mass is 79.9. The molecular weight excluding hydrogens is 398 g/mol. The number of halogens is 1. The average molecular weight is 418 g/mol. The highest BCUT2D eigenvalue weighted by Gasteiger charge is 2.13. The molecule has 1 amide bonds. The van der Waals surface area contributed by atoms with E-state index in [4.69, 9.17) is 4.74 Å². The van der Waals surface area contributed by atoms with Crippen LogP contribution in [0.3, 0.4) is 0 Å². The smallest absolute Gasteiger partial charge is 0.306 e. The summed E-state index contributed by atoms with van der Waals surface area (Å²) < 4.78 is 5.81. The Morgan fingerprint density at radius 3 is 2.31 bits per heavy atom. The Morgan fingerprint density at radius 2 is 1.65 bits per heavy atom. The van der Waals surface area contributed by atoms with Crippen LogP contribution >= 0.6 is 15.9 Å². The number of amides is 1. The van der Waals surface area contributed by atoms with Crippen molar-refractivity contribution < 1.29 is 19.1 Å². The number of benzene rings is 2. The van der Waals surface area contributed by atoms with Gasteiger partial charge in [0.1, 0.15) is 0 Å². The molecule has 0 bridgehead atoms. The minimum atomic E-state index is -0.571. The minimum Gasteiger partial charge on any atom is -0.456 e. The predicted octanol–water partition coefficient (Wildman–Crippen LogP) is 3.83. The quantitative estimate of drug-likeness (QED) is 0.523. The topological polar surface area (TPSA) is 72.5 Å². The standard InChI is InChI=1S/C20H20BrNO4/c1-14(15-5-3-2-4-6-15)22-19(24)13-26-20(25)12-11-18(23)16-7-9-17(21)10-8-16/h2-10,14H,11-13H2,1H3,(H,22,24)/t14-/m0/s1. The monoisotopic (exact) mass is 417 g/mol. The highest BCUT2D eigenvalue weighted by molar-refractivity contribution is 9.10. The maximum absolute atomic E-state index is 12.0. The number of hydrogen-bond donors (Lipinski definition) is 1. The third-order valence-corrected chi connectivity index (χ3v) is 4.29. The van der Waals surface area contributed by atoms with Crippen LogP contribution in [0.1, 0.15) is 41.7 Å². The van der Waals surface area contributed by atoms with Crippen LogP contribution in [0.25, 0.3) is 0 Å². The molecule has 2 aromatic carbocycles. The van der Waals surface area contributed by atoms with Gasteiger partial charge in [0, 0.05) is 16.5 Å². The molecule has 26 heavy (non-hydrogen) atoms. The lowest BCUT2D eigenvalue weighted by Gasteiger charge is -2.14. The molecule has 0 aromatic heterocycles. The number of esters is 1. The summed E-state index contributed by atoms with van der Waals surface area (Å²) in [6.07, 6.45) is -0.0150. The SMILES string of the molecule is C[C@H](NC(=O)COC(=O)CCC(=O)c1ccc(Br)cc1)c1ccccc1. The van der Waals surface area contributed by atoms with Gasteiger partial charge < -0.3 is 10.1 Å². The lowest BCUT2D eigenvalue weighted by molar-refractivity contribution is -0.148. The van der Waals surface area contributed by atoms with Crippen LogP contribution in [0.15, 0.2) is 59.1 Å². The molecule has 0 fully saturated rings. The van der Waals surface area contributed by atoms with Crippen molar-refractivity contribution in [2.75, 3.05) is 6.61 Å². The Bertz CT molecular complexity index is 759. The van der Waals surface area contributed by atoms with E-state index in [0.29, 0.717) is 5.56 Å². The highest BCUT2D eigenvalue weighted by Crippen LogP contribution is 2.13. The zero-order chi connectivity index (χ0) is 18.9. The molecule has 0 aliphatic heterocycles. The Balaban J connectivity index is 1.70. The molecule has 0 aliphatic carbocycles. The van der Waals surface area contributed by atoms with Crippen LogP contribution in [0.2, 0.25) is 0 Å². The zero-order valence-electron chi connectivity index (χ0n) is 14.4. The molecule has 6 heteroatoms. The van der Waals surface area contributed by atoms with E-state index in [9.17, 15) is 14.4 Å². The van der Waals surface area contributed by atoms with Gasteiger partial charge in [0.05, 0.1) is 12.5 Å². The molecule has 0 heterocycles. The molecule has 136 valence electrons. The van der Waals surface area contributed by atoms with Gasteiger partial charge in [-0.05, 0) is 24.6 Å². The van der Waals surface area contributed by atoms with Gasteiger partial charge in [-0.15, -0.1) is 0 Å². The molecule has 0 spiro atoms. The second-order valence-corrected chi connectivity index (χ2v) is 6.71. The molecule has 1 N–H and O–H groups in total. The summed E-state index contributed by atoms with van der Waals surface area (Å²) in [6.45, 7) is 1.49. The van der Waals surface area contributed by atoms with Gasteiger partial charge in [-0.2, -0.15) is 0 Å². The molecule has 1 atom stereocenters. The van der Waals surface area contributed by atoms with Gasteiger partial charge in [0.15, 0.2) is 12.4 Å². The molecule has 0 saturated heterocycles. The normalized spacial score (nSPS) is 11.5. The van der Waals surface area contributed by atoms with Crippen molar-refractivity contribution in [3.8, 4) is 0 Å². The maximum atomic E-state index is 12.0. The van der Waals surface area contributed by atoms with Crippen molar-refractivity contribution in [1.29, 1.82) is 0 Å². The predicted molar refractivity (Wildman–Crippen MR) is 102 cm³/mol. The van der Waals surface area contributed by atoms with Gasteiger partial charge in [0.2, 0.25) is 0 Å². The lowest BCUT2D eigenvalue weighted by Crippen LogP contribution is -2.31. The van der Waals surface area contributed by atoms with Crippen molar-refractivity contribution in [2.45, 2.75) is 25.8 Å². The first-order valence-electron chi connectivity index (χ1n) is 8.24. The fraction of sp³-hybridized carbons (Fsp3) is 0.250. The largest absolute Gasteiger partial charge is 0.456 e. The van der Waals surface area contributed by atoms with E-state index in [2.05, 4.69) is 21.2 Å². The summed E-state index contributed by atoms with van der Waals surface area (Å²) >= 11 is 3.30. The molecule has 2 rings (SSSR count). The van der Waals surface area contributed by atoms with Crippen LogP contribution in [-0.4, -0.2) is 24.3 Å². The number of Topliss-reactive ketones (excluding diaryl/α,β-unsaturated/α-hetero) is 1. The van der Waals surface area contributed by atoms with E-state index in [1.54, 1.807) is 24.3 Å². The second kappa shape index (κ2) is 9.87. The first-order valence-corrected chi connectivity index (χ1v) is 9.03. The fourth-order valence-corrected chi connectivity index (χ4v) is 2.59. The number of ketones is 1. The van der Waals surface area contributed by atoms with Crippen molar-refractivity contribution in [1.82, 2.24) is 5.32 Å². The van der Waals surface area contributed by atoms with Gasteiger partial charge >= 0.3 is 5.97 Å². The van der Waals surface area contributed by atoms with Crippen molar-refractivity contribution >= 4 is 33.6 Å². The fourth-order valence-electron chi connectivity index (χ4n) is 2.32. The van der Waals surface area contributed by atoms with Gasteiger partial charge in [-0.25, -0.2) is 0 Å². The molecule has 2 aromatic rings. The summed E-state index contributed by atoms with van der Waals surface area (Å²) in [5, 5.41) is 2.76. The molecule has 5 nitrogen and oxygen atoms in total. The number of hydrogen-bond acceptors (Lipinski definition) is 4. The van der Waals surface area contributed by atoms with Crippen molar-refractivity contribution in [3.05, 3.63) is 70.2 Å². The van der Waals surface area contributed by atoms with Crippen molar-refractivity contribution in [2.24, 2.45) is 0 Å². The molecule has 0 radical (unpaired) electrons. The number of carbonyl (C=O) groups is 3. The van der Waals surface area contributed by atoms with E-state index >= 15 is 0 Å². The lowest BCUT2D eigenvalue weighted by atomic mass is 10.1. The van der Waals surface area contributed by atoms with Crippen LogP contribution < -0.4 is 5.32 Å². The van der Waals surface area contributed by atoms with Gasteiger partial charge in [-0.1, -0.05) is 58.4 Å². The second-order valence-electron chi connectivity index (χ2n) is 5.79. The van der Waals surface area contributed by atoms with E-state index in [1.165, 1.54) is 0 Å². The zero-order valence-corrected chi connectivity index (χ0v) is 16.0. The van der Waals surface area contributed by atoms with E-state index in [-0.39, 0.29) is 37.2 Å². The Hall–Kier alpha value is -2.47. The third-order valence-electron chi connectivity index (χ3n) is 3.76. The Kier molecular flexibility index (Phi) is 7.53. The Labute approximate surface area is 160 Å². The molecule has 0 aliphatic rings. The van der Waals surface area contributed by atoms with Gasteiger partial charge in [0.25, 0.3) is 5.91 Å². The number of rotatable bonds is 8. The van der Waals surface area contributed by atoms with E-state index < -0.39 is 5.97 Å². The summed E-state index contributed by atoms with van der Waals surface area (Å²) in [7, 11) is 0. The van der Waals surface area contributed by atoms with E-state index in [1.807, 2.05) is 37.3 Å². The maximum Gasteiger partial charge on any atom is 0.306 e. The average Bonchev–Trinajstić information content (AvgIpc) is 2.65. The van der Waals surface area contributed by atoms with Gasteiger partial charge in [-0.3, -0.25) is 14.4 Å². The first kappa shape index (κ1) is 19.8. The Morgan fingerprint density at radius 1 is 1.00 bits per heavy atom. The molecule has 0 unspecified atom stereocenters. The van der Waals surface area contributed by atoms with Crippen molar-refractivity contribution in [3.63, 3.8) is 0 Å².